The number of fused-ring (bicyclic) bond motifs is 1. The molecule has 2 unspecified atom stereocenters. The Hall–Kier alpha value is -4.52. The Labute approximate surface area is 293 Å². The van der Waals surface area contributed by atoms with Gasteiger partial charge in [-0.15, -0.1) is 6.58 Å². The average molecular weight is 689 g/mol. The van der Waals surface area contributed by atoms with Crippen LogP contribution in [0.1, 0.15) is 47.5 Å². The van der Waals surface area contributed by atoms with Crippen LogP contribution in [-0.4, -0.2) is 89.3 Å². The number of ether oxygens (including phenoxy) is 4. The molecule has 268 valence electrons. The Balaban J connectivity index is 1.43. The van der Waals surface area contributed by atoms with E-state index in [-0.39, 0.29) is 50.3 Å². The molecule has 2 heterocycles. The van der Waals surface area contributed by atoms with Gasteiger partial charge >= 0.3 is 5.97 Å². The summed E-state index contributed by atoms with van der Waals surface area (Å²) in [4.78, 5) is 46.8. The van der Waals surface area contributed by atoms with Crippen molar-refractivity contribution in [2.45, 2.75) is 76.8 Å². The Kier molecular flexibility index (Phi) is 11.1. The molecule has 50 heavy (non-hydrogen) atoms. The molecule has 0 bridgehead atoms. The second-order valence-corrected chi connectivity index (χ2v) is 14.2. The largest absolute Gasteiger partial charge is 0.497 e. The first-order valence-electron chi connectivity index (χ1n) is 16.9. The van der Waals surface area contributed by atoms with Gasteiger partial charge in [0.05, 0.1) is 36.5 Å². The Bertz CT molecular complexity index is 1710. The number of methoxy groups -OCH3 is 1. The van der Waals surface area contributed by atoms with E-state index in [0.717, 1.165) is 10.9 Å². The van der Waals surface area contributed by atoms with Crippen molar-refractivity contribution in [3.05, 3.63) is 67.3 Å². The predicted octanol–water partition coefficient (Wildman–Crippen LogP) is 4.77. The third-order valence-corrected chi connectivity index (χ3v) is 9.13. The third-order valence-electron chi connectivity index (χ3n) is 9.13. The predicted molar refractivity (Wildman–Crippen MR) is 188 cm³/mol. The monoisotopic (exact) mass is 688 g/mol. The van der Waals surface area contributed by atoms with Gasteiger partial charge in [0, 0.05) is 35.4 Å². The van der Waals surface area contributed by atoms with Gasteiger partial charge in [-0.05, 0) is 45.2 Å². The van der Waals surface area contributed by atoms with Crippen molar-refractivity contribution in [1.82, 2.24) is 20.5 Å². The molecule has 0 spiro atoms. The smallest absolute Gasteiger partial charge is 0.330 e. The number of hydrogen-bond donors (Lipinski definition) is 3. The molecular weight excluding hydrogens is 640 g/mol. The molecule has 5 atom stereocenters. The first-order valence-corrected chi connectivity index (χ1v) is 16.9. The molecule has 1 aliphatic carbocycles. The van der Waals surface area contributed by atoms with E-state index < -0.39 is 41.5 Å². The molecule has 5 rings (SSSR count). The summed E-state index contributed by atoms with van der Waals surface area (Å²) in [5, 5.41) is 16.7. The lowest BCUT2D eigenvalue weighted by Crippen LogP contribution is -2.57. The van der Waals surface area contributed by atoms with Crippen LogP contribution in [0.15, 0.2) is 67.3 Å². The van der Waals surface area contributed by atoms with Crippen LogP contribution in [-0.2, 0) is 23.9 Å². The summed E-state index contributed by atoms with van der Waals surface area (Å²) in [6.45, 7) is 13.5. The number of carbonyl (C=O) groups is 3. The van der Waals surface area contributed by atoms with Crippen molar-refractivity contribution in [1.29, 1.82) is 0 Å². The van der Waals surface area contributed by atoms with E-state index in [2.05, 4.69) is 17.2 Å². The number of nitrogens with one attached hydrogen (secondary N) is 2. The molecule has 2 amide bonds. The minimum Gasteiger partial charge on any atom is -0.497 e. The van der Waals surface area contributed by atoms with E-state index in [0.29, 0.717) is 22.7 Å². The topological polar surface area (TPSA) is 149 Å². The molecule has 2 aliphatic rings. The van der Waals surface area contributed by atoms with Gasteiger partial charge in [0.15, 0.2) is 0 Å². The van der Waals surface area contributed by atoms with Crippen molar-refractivity contribution in [3.63, 3.8) is 0 Å². The molecular formula is C38H48N4O8. The molecule has 12 nitrogen and oxygen atoms in total. The van der Waals surface area contributed by atoms with E-state index in [4.69, 9.17) is 23.9 Å². The summed E-state index contributed by atoms with van der Waals surface area (Å²) in [5.74, 6) is -1.40. The molecule has 1 saturated carbocycles. The van der Waals surface area contributed by atoms with Crippen LogP contribution in [0.3, 0.4) is 0 Å². The molecule has 0 radical (unpaired) electrons. The highest BCUT2D eigenvalue weighted by Gasteiger charge is 2.61. The maximum absolute atomic E-state index is 14.3. The number of carbonyl (C=O) groups excluding carboxylic acids is 2. The zero-order valence-electron chi connectivity index (χ0n) is 29.6. The van der Waals surface area contributed by atoms with Crippen LogP contribution in [0.4, 0.5) is 0 Å². The number of benzene rings is 2. The number of carboxylic acid groups (broad SMARTS) is 1. The maximum atomic E-state index is 14.3. The van der Waals surface area contributed by atoms with Crippen LogP contribution >= 0.6 is 0 Å². The van der Waals surface area contributed by atoms with E-state index in [1.54, 1.807) is 7.11 Å². The lowest BCUT2D eigenvalue weighted by molar-refractivity contribution is -0.147. The van der Waals surface area contributed by atoms with Gasteiger partial charge in [-0.25, -0.2) is 9.78 Å². The van der Waals surface area contributed by atoms with Gasteiger partial charge in [0.25, 0.3) is 0 Å². The van der Waals surface area contributed by atoms with E-state index in [1.165, 1.54) is 11.0 Å². The minimum atomic E-state index is -1.45. The van der Waals surface area contributed by atoms with Gasteiger partial charge in [0.1, 0.15) is 42.7 Å². The number of pyridine rings is 1. The lowest BCUT2D eigenvalue weighted by atomic mass is 10.0. The molecule has 3 aromatic rings. The third kappa shape index (κ3) is 8.26. The summed E-state index contributed by atoms with van der Waals surface area (Å²) in [6, 6.07) is 15.4. The Morgan fingerprint density at radius 1 is 1.14 bits per heavy atom. The molecule has 1 aliphatic heterocycles. The fraction of sp³-hybridized carbons (Fsp3) is 0.474. The summed E-state index contributed by atoms with van der Waals surface area (Å²) in [7, 11) is 1.59. The van der Waals surface area contributed by atoms with E-state index >= 15 is 0 Å². The van der Waals surface area contributed by atoms with Crippen LogP contribution in [0.2, 0.25) is 0 Å². The summed E-state index contributed by atoms with van der Waals surface area (Å²) in [6.07, 6.45) is 1.32. The van der Waals surface area contributed by atoms with Crippen molar-refractivity contribution >= 4 is 28.7 Å². The van der Waals surface area contributed by atoms with E-state index in [1.807, 2.05) is 89.2 Å². The van der Waals surface area contributed by atoms with Crippen molar-refractivity contribution < 1.29 is 38.4 Å². The molecule has 1 saturated heterocycles. The Morgan fingerprint density at radius 2 is 1.88 bits per heavy atom. The highest BCUT2D eigenvalue weighted by atomic mass is 16.7. The average Bonchev–Trinajstić information content (AvgIpc) is 3.64. The van der Waals surface area contributed by atoms with Crippen LogP contribution in [0.25, 0.3) is 22.2 Å². The van der Waals surface area contributed by atoms with Crippen LogP contribution in [0.5, 0.6) is 11.5 Å². The quantitative estimate of drug-likeness (QED) is 0.116. The summed E-state index contributed by atoms with van der Waals surface area (Å²) < 4.78 is 23.4. The number of hydrogen-bond acceptors (Lipinski definition) is 9. The zero-order valence-corrected chi connectivity index (χ0v) is 29.6. The highest BCUT2D eigenvalue weighted by molar-refractivity contribution is 5.96. The number of aliphatic carboxylic acids is 1. The first kappa shape index (κ1) is 36.8. The second-order valence-electron chi connectivity index (χ2n) is 14.2. The lowest BCUT2D eigenvalue weighted by Gasteiger charge is -2.31. The normalized spacial score (nSPS) is 22.3. The number of nitrogens with zero attached hydrogens (tertiary/aromatic N) is 2. The van der Waals surface area contributed by atoms with Gasteiger partial charge in [0.2, 0.25) is 11.8 Å². The number of aromatic nitrogens is 1. The first-order chi connectivity index (χ1) is 23.8. The molecule has 2 fully saturated rings. The number of carboxylic acids is 1. The minimum absolute atomic E-state index is 0.0403. The summed E-state index contributed by atoms with van der Waals surface area (Å²) in [5.41, 5.74) is 0.408. The standard InChI is InChI=1S/C38H48N4O8/c1-8-25-19-38(25,36(45)46)41-34(43)31-17-27(20-42(31)35(44)33(23(2)3)39-21-48-22-49-37(4,5)6)50-32-18-29(24-12-10-9-11-13-24)40-30-16-26(47-7)14-15-28(30)32/h8-16,18,23,25,27,31,33,39H,1,17,19-22H2,2-7H3,(H,41,43)(H,45,46)/t25?,27-,31+,33+,38?/m1/s1. The zero-order chi connectivity index (χ0) is 36.2. The van der Waals surface area contributed by atoms with Crippen LogP contribution in [0, 0.1) is 11.8 Å². The molecule has 3 N–H and O–H groups in total. The molecule has 2 aromatic carbocycles. The van der Waals surface area contributed by atoms with Gasteiger partial charge in [-0.2, -0.15) is 0 Å². The van der Waals surface area contributed by atoms with Crippen molar-refractivity contribution in [2.24, 2.45) is 11.8 Å². The second kappa shape index (κ2) is 15.2. The number of rotatable bonds is 15. The number of amides is 2. The summed E-state index contributed by atoms with van der Waals surface area (Å²) >= 11 is 0. The van der Waals surface area contributed by atoms with Gasteiger partial charge in [-0.3, -0.25) is 14.9 Å². The highest BCUT2D eigenvalue weighted by Crippen LogP contribution is 2.45. The molecule has 1 aromatic heterocycles. The maximum Gasteiger partial charge on any atom is 0.330 e. The Morgan fingerprint density at radius 3 is 2.50 bits per heavy atom. The fourth-order valence-electron chi connectivity index (χ4n) is 6.23. The van der Waals surface area contributed by atoms with Crippen molar-refractivity contribution in [3.8, 4) is 22.8 Å². The van der Waals surface area contributed by atoms with Gasteiger partial charge < -0.3 is 34.3 Å². The number of likely N-dealkylation sites (tertiary alicyclic amines) is 1. The van der Waals surface area contributed by atoms with E-state index in [9.17, 15) is 19.5 Å². The molecule has 12 heteroatoms. The van der Waals surface area contributed by atoms with Crippen molar-refractivity contribution in [2.75, 3.05) is 27.2 Å². The fourth-order valence-corrected chi connectivity index (χ4v) is 6.23. The SMILES string of the molecule is C=CC1CC1(NC(=O)[C@@H]1C[C@@H](Oc2cc(-c3ccccc3)nc3cc(OC)ccc23)CN1C(=O)[C@@H](NCOCOC(C)(C)C)C(C)C)C(=O)O. The van der Waals surface area contributed by atoms with Crippen LogP contribution < -0.4 is 20.1 Å². The van der Waals surface area contributed by atoms with Gasteiger partial charge in [-0.1, -0.05) is 50.3 Å².